The molecule has 4 nitrogen and oxygen atoms in total. The molecule has 0 N–H and O–H groups in total. The first-order valence-electron chi connectivity index (χ1n) is 9.77. The molecule has 0 radical (unpaired) electrons. The van der Waals surface area contributed by atoms with Crippen molar-refractivity contribution in [2.75, 3.05) is 33.4 Å². The van der Waals surface area contributed by atoms with Crippen LogP contribution < -0.4 is 0 Å². The SMILES string of the molecule is CCOC(C(=O)OCC1CCN(C)CC1)(c1ccccc1)c1ccccc1. The number of ether oxygens (including phenoxy) is 2. The molecule has 1 aliphatic rings. The number of piperidine rings is 1. The summed E-state index contributed by atoms with van der Waals surface area (Å²) in [6.07, 6.45) is 2.12. The van der Waals surface area contributed by atoms with E-state index in [1.165, 1.54) is 0 Å². The largest absolute Gasteiger partial charge is 0.463 e. The second kappa shape index (κ2) is 9.16. The number of rotatable bonds is 7. The maximum atomic E-state index is 13.4. The maximum Gasteiger partial charge on any atom is 0.347 e. The highest BCUT2D eigenvalue weighted by atomic mass is 16.6. The molecule has 1 fully saturated rings. The molecular formula is C23H29NO3. The fourth-order valence-electron chi connectivity index (χ4n) is 3.71. The van der Waals surface area contributed by atoms with Gasteiger partial charge in [-0.2, -0.15) is 0 Å². The number of esters is 1. The summed E-state index contributed by atoms with van der Waals surface area (Å²) in [5, 5.41) is 0. The highest BCUT2D eigenvalue weighted by Gasteiger charge is 2.45. The Balaban J connectivity index is 1.88. The van der Waals surface area contributed by atoms with Crippen molar-refractivity contribution in [2.24, 2.45) is 5.92 Å². The molecule has 2 aromatic rings. The van der Waals surface area contributed by atoms with E-state index in [1.807, 2.05) is 67.6 Å². The summed E-state index contributed by atoms with van der Waals surface area (Å²) in [5.74, 6) is 0.0803. The first-order valence-corrected chi connectivity index (χ1v) is 9.77. The topological polar surface area (TPSA) is 38.8 Å². The summed E-state index contributed by atoms with van der Waals surface area (Å²) in [5.41, 5.74) is 0.362. The Bertz CT molecular complexity index is 669. The third-order valence-electron chi connectivity index (χ3n) is 5.30. The minimum absolute atomic E-state index is 0.333. The summed E-state index contributed by atoms with van der Waals surface area (Å²) < 4.78 is 12.0. The summed E-state index contributed by atoms with van der Waals surface area (Å²) >= 11 is 0. The van der Waals surface area contributed by atoms with E-state index in [9.17, 15) is 4.79 Å². The molecule has 0 bridgehead atoms. The fourth-order valence-corrected chi connectivity index (χ4v) is 3.71. The molecule has 2 aromatic carbocycles. The molecule has 0 saturated carbocycles. The van der Waals surface area contributed by atoms with E-state index < -0.39 is 5.60 Å². The smallest absolute Gasteiger partial charge is 0.347 e. The van der Waals surface area contributed by atoms with Crippen LogP contribution in [0, 0.1) is 5.92 Å². The van der Waals surface area contributed by atoms with Crippen molar-refractivity contribution in [3.05, 3.63) is 71.8 Å². The van der Waals surface area contributed by atoms with Crippen LogP contribution in [0.2, 0.25) is 0 Å². The minimum Gasteiger partial charge on any atom is -0.463 e. The fraction of sp³-hybridized carbons (Fsp3) is 0.435. The molecule has 144 valence electrons. The highest BCUT2D eigenvalue weighted by molar-refractivity contribution is 5.85. The summed E-state index contributed by atoms with van der Waals surface area (Å²) in [7, 11) is 2.13. The van der Waals surface area contributed by atoms with Crippen molar-refractivity contribution in [3.8, 4) is 0 Å². The number of carbonyl (C=O) groups excluding carboxylic acids is 1. The molecule has 4 heteroatoms. The standard InChI is InChI=1S/C23H29NO3/c1-3-27-23(20-10-6-4-7-11-20,21-12-8-5-9-13-21)22(25)26-18-19-14-16-24(2)17-15-19/h4-13,19H,3,14-18H2,1-2H3. The van der Waals surface area contributed by atoms with Crippen LogP contribution in [-0.2, 0) is 19.9 Å². The normalized spacial score (nSPS) is 16.2. The van der Waals surface area contributed by atoms with Crippen LogP contribution in [0.5, 0.6) is 0 Å². The molecule has 0 aliphatic carbocycles. The average molecular weight is 367 g/mol. The molecule has 27 heavy (non-hydrogen) atoms. The van der Waals surface area contributed by atoms with Crippen LogP contribution in [0.3, 0.4) is 0 Å². The second-order valence-electron chi connectivity index (χ2n) is 7.19. The number of carbonyl (C=O) groups is 1. The van der Waals surface area contributed by atoms with Gasteiger partial charge in [-0.25, -0.2) is 4.79 Å². The predicted octanol–water partition coefficient (Wildman–Crippen LogP) is 3.85. The number of hydrogen-bond donors (Lipinski definition) is 0. The van der Waals surface area contributed by atoms with Crippen molar-refractivity contribution < 1.29 is 14.3 Å². The van der Waals surface area contributed by atoms with E-state index in [2.05, 4.69) is 11.9 Å². The third kappa shape index (κ3) is 4.40. The van der Waals surface area contributed by atoms with Gasteiger partial charge in [0.25, 0.3) is 0 Å². The Morgan fingerprint density at radius 2 is 1.52 bits per heavy atom. The number of hydrogen-bond acceptors (Lipinski definition) is 4. The van der Waals surface area contributed by atoms with Crippen LogP contribution in [0.25, 0.3) is 0 Å². The quantitative estimate of drug-likeness (QED) is 0.697. The van der Waals surface area contributed by atoms with Crippen LogP contribution in [-0.4, -0.2) is 44.2 Å². The van der Waals surface area contributed by atoms with Gasteiger partial charge in [0.05, 0.1) is 6.61 Å². The van der Waals surface area contributed by atoms with Crippen molar-refractivity contribution in [1.29, 1.82) is 0 Å². The van der Waals surface area contributed by atoms with E-state index in [-0.39, 0.29) is 5.97 Å². The molecule has 0 amide bonds. The zero-order valence-electron chi connectivity index (χ0n) is 16.3. The zero-order chi connectivity index (χ0) is 19.1. The second-order valence-corrected chi connectivity index (χ2v) is 7.19. The van der Waals surface area contributed by atoms with Gasteiger partial charge in [0.15, 0.2) is 0 Å². The monoisotopic (exact) mass is 367 g/mol. The van der Waals surface area contributed by atoms with Crippen molar-refractivity contribution in [3.63, 3.8) is 0 Å². The van der Waals surface area contributed by atoms with Gasteiger partial charge in [0, 0.05) is 6.61 Å². The highest BCUT2D eigenvalue weighted by Crippen LogP contribution is 2.35. The third-order valence-corrected chi connectivity index (χ3v) is 5.30. The first kappa shape index (κ1) is 19.6. The Labute approximate surface area is 162 Å². The van der Waals surface area contributed by atoms with Crippen LogP contribution >= 0.6 is 0 Å². The summed E-state index contributed by atoms with van der Waals surface area (Å²) in [6.45, 7) is 4.87. The van der Waals surface area contributed by atoms with E-state index in [4.69, 9.17) is 9.47 Å². The van der Waals surface area contributed by atoms with Gasteiger partial charge in [-0.05, 0) is 56.9 Å². The van der Waals surface area contributed by atoms with E-state index in [0.29, 0.717) is 19.1 Å². The molecule has 1 heterocycles. The Morgan fingerprint density at radius 1 is 1.00 bits per heavy atom. The van der Waals surface area contributed by atoms with Crippen LogP contribution in [0.15, 0.2) is 60.7 Å². The van der Waals surface area contributed by atoms with Crippen LogP contribution in [0.4, 0.5) is 0 Å². The molecular weight excluding hydrogens is 338 g/mol. The minimum atomic E-state index is -1.23. The average Bonchev–Trinajstić information content (AvgIpc) is 2.72. The Hall–Kier alpha value is -2.17. The summed E-state index contributed by atoms with van der Waals surface area (Å²) in [6, 6.07) is 19.3. The van der Waals surface area contributed by atoms with Gasteiger partial charge >= 0.3 is 5.97 Å². The number of likely N-dealkylation sites (tertiary alicyclic amines) is 1. The molecule has 0 atom stereocenters. The van der Waals surface area contributed by atoms with E-state index in [1.54, 1.807) is 0 Å². The maximum absolute atomic E-state index is 13.4. The van der Waals surface area contributed by atoms with Crippen LogP contribution in [0.1, 0.15) is 30.9 Å². The Kier molecular flexibility index (Phi) is 6.64. The lowest BCUT2D eigenvalue weighted by Crippen LogP contribution is -2.42. The molecule has 0 spiro atoms. The lowest BCUT2D eigenvalue weighted by Gasteiger charge is -2.34. The molecule has 1 saturated heterocycles. The first-order chi connectivity index (χ1) is 13.2. The number of nitrogens with zero attached hydrogens (tertiary/aromatic N) is 1. The summed E-state index contributed by atoms with van der Waals surface area (Å²) in [4.78, 5) is 15.7. The van der Waals surface area contributed by atoms with Gasteiger partial charge in [-0.3, -0.25) is 0 Å². The number of benzene rings is 2. The molecule has 1 aliphatic heterocycles. The lowest BCUT2D eigenvalue weighted by molar-refractivity contribution is -0.170. The van der Waals surface area contributed by atoms with Gasteiger partial charge in [0.1, 0.15) is 0 Å². The van der Waals surface area contributed by atoms with Crippen molar-refractivity contribution >= 4 is 5.97 Å². The lowest BCUT2D eigenvalue weighted by atomic mass is 9.86. The van der Waals surface area contributed by atoms with Gasteiger partial charge in [-0.15, -0.1) is 0 Å². The van der Waals surface area contributed by atoms with E-state index in [0.717, 1.165) is 37.1 Å². The molecule has 3 rings (SSSR count). The van der Waals surface area contributed by atoms with Crippen molar-refractivity contribution in [2.45, 2.75) is 25.4 Å². The van der Waals surface area contributed by atoms with E-state index >= 15 is 0 Å². The molecule has 0 aromatic heterocycles. The zero-order valence-corrected chi connectivity index (χ0v) is 16.3. The van der Waals surface area contributed by atoms with Gasteiger partial charge in [0.2, 0.25) is 5.60 Å². The van der Waals surface area contributed by atoms with Crippen molar-refractivity contribution in [1.82, 2.24) is 4.90 Å². The van der Waals surface area contributed by atoms with Gasteiger partial charge < -0.3 is 14.4 Å². The molecule has 0 unspecified atom stereocenters. The predicted molar refractivity (Wildman–Crippen MR) is 106 cm³/mol. The van der Waals surface area contributed by atoms with Gasteiger partial charge in [-0.1, -0.05) is 60.7 Å². The Morgan fingerprint density at radius 3 is 2.00 bits per heavy atom.